The van der Waals surface area contributed by atoms with Crippen LogP contribution in [0.1, 0.15) is 22.7 Å². The van der Waals surface area contributed by atoms with Crippen LogP contribution in [0.25, 0.3) is 12.2 Å². The van der Waals surface area contributed by atoms with Crippen molar-refractivity contribution >= 4 is 22.3 Å². The van der Waals surface area contributed by atoms with Gasteiger partial charge in [0.1, 0.15) is 30.1 Å². The molecular formula is C25H25F3N4O7S. The number of ether oxygens (including phenoxy) is 3. The normalized spacial score (nSPS) is 11.7. The molecule has 214 valence electrons. The van der Waals surface area contributed by atoms with Gasteiger partial charge in [-0.3, -0.25) is 9.23 Å². The number of alkyl halides is 3. The van der Waals surface area contributed by atoms with Gasteiger partial charge in [-0.15, -0.1) is 18.3 Å². The average Bonchev–Trinajstić information content (AvgIpc) is 3.56. The van der Waals surface area contributed by atoms with Gasteiger partial charge in [0.25, 0.3) is 10.1 Å². The maximum atomic E-state index is 12.2. The Hall–Kier alpha value is -4.21. The number of benzene rings is 2. The Bertz CT molecular complexity index is 1430. The monoisotopic (exact) mass is 582 g/mol. The first-order chi connectivity index (χ1) is 18.9. The number of rotatable bonds is 11. The molecule has 11 nitrogen and oxygen atoms in total. The van der Waals surface area contributed by atoms with E-state index in [-0.39, 0.29) is 12.4 Å². The van der Waals surface area contributed by atoms with E-state index in [1.54, 1.807) is 29.2 Å². The summed E-state index contributed by atoms with van der Waals surface area (Å²) in [6.45, 7) is 1.86. The van der Waals surface area contributed by atoms with Crippen molar-refractivity contribution in [1.82, 2.24) is 20.0 Å². The van der Waals surface area contributed by atoms with Gasteiger partial charge in [-0.25, -0.2) is 4.98 Å². The van der Waals surface area contributed by atoms with Crippen LogP contribution in [0, 0.1) is 0 Å². The fraction of sp³-hybridized carbons (Fsp3) is 0.240. The summed E-state index contributed by atoms with van der Waals surface area (Å²) in [7, 11) is -3.67. The van der Waals surface area contributed by atoms with E-state index in [2.05, 4.69) is 20.0 Å². The van der Waals surface area contributed by atoms with Crippen molar-refractivity contribution in [1.29, 1.82) is 0 Å². The van der Waals surface area contributed by atoms with E-state index in [9.17, 15) is 21.6 Å². The third-order valence-electron chi connectivity index (χ3n) is 4.62. The van der Waals surface area contributed by atoms with Crippen LogP contribution in [0.5, 0.6) is 11.5 Å². The molecule has 0 atom stereocenters. The van der Waals surface area contributed by atoms with E-state index in [0.29, 0.717) is 48.9 Å². The summed E-state index contributed by atoms with van der Waals surface area (Å²) in [5.74, 6) is 0.740. The second kappa shape index (κ2) is 14.3. The summed E-state index contributed by atoms with van der Waals surface area (Å²) in [4.78, 5) is 4.31. The lowest BCUT2D eigenvalue weighted by molar-refractivity contribution is -0.274. The van der Waals surface area contributed by atoms with Gasteiger partial charge in [0, 0.05) is 12.3 Å². The molecule has 0 saturated carbocycles. The second-order valence-corrected chi connectivity index (χ2v) is 9.48. The van der Waals surface area contributed by atoms with E-state index < -0.39 is 16.5 Å². The highest BCUT2D eigenvalue weighted by atomic mass is 32.2. The molecule has 4 aromatic rings. The lowest BCUT2D eigenvalue weighted by Crippen LogP contribution is -2.16. The van der Waals surface area contributed by atoms with Gasteiger partial charge in [-0.1, -0.05) is 29.5 Å². The van der Waals surface area contributed by atoms with Crippen molar-refractivity contribution in [2.24, 2.45) is 0 Å². The number of nitrogens with zero attached hydrogens (tertiary/aromatic N) is 4. The van der Waals surface area contributed by atoms with Gasteiger partial charge in [0.05, 0.1) is 32.2 Å². The van der Waals surface area contributed by atoms with Gasteiger partial charge in [0.2, 0.25) is 5.89 Å². The quantitative estimate of drug-likeness (QED) is 0.197. The SMILES string of the molecule is CS(=O)(=O)O.FC(F)(F)Oc1ccc(C=Cc2nc(COc3ccc(COCCn4ccnn4)cc3)co2)cc1. The van der Waals surface area contributed by atoms with Crippen LogP contribution in [0.2, 0.25) is 0 Å². The van der Waals surface area contributed by atoms with E-state index in [0.717, 1.165) is 5.56 Å². The number of hydrogen-bond donors (Lipinski definition) is 1. The van der Waals surface area contributed by atoms with Crippen LogP contribution in [-0.4, -0.2) is 52.2 Å². The third-order valence-corrected chi connectivity index (χ3v) is 4.62. The first-order valence-corrected chi connectivity index (χ1v) is 13.3. The topological polar surface area (TPSA) is 139 Å². The molecule has 0 spiro atoms. The summed E-state index contributed by atoms with van der Waals surface area (Å²) in [6, 6.07) is 13.0. The Morgan fingerprint density at radius 2 is 1.70 bits per heavy atom. The van der Waals surface area contributed by atoms with Crippen molar-refractivity contribution in [2.45, 2.75) is 26.1 Å². The highest BCUT2D eigenvalue weighted by molar-refractivity contribution is 7.85. The van der Waals surface area contributed by atoms with Crippen molar-refractivity contribution in [3.05, 3.63) is 89.9 Å². The summed E-state index contributed by atoms with van der Waals surface area (Å²) >= 11 is 0. The van der Waals surface area contributed by atoms with Crippen molar-refractivity contribution < 1.29 is 44.8 Å². The average molecular weight is 583 g/mol. The van der Waals surface area contributed by atoms with Gasteiger partial charge in [-0.2, -0.15) is 8.42 Å². The highest BCUT2D eigenvalue weighted by Gasteiger charge is 2.30. The van der Waals surface area contributed by atoms with E-state index in [4.69, 9.17) is 18.4 Å². The second-order valence-electron chi connectivity index (χ2n) is 8.01. The fourth-order valence-corrected chi connectivity index (χ4v) is 2.95. The molecule has 4 rings (SSSR count). The Kier molecular flexibility index (Phi) is 10.8. The summed E-state index contributed by atoms with van der Waals surface area (Å²) in [6.07, 6.45) is 4.16. The lowest BCUT2D eigenvalue weighted by Gasteiger charge is -2.08. The van der Waals surface area contributed by atoms with Gasteiger partial charge < -0.3 is 18.6 Å². The van der Waals surface area contributed by atoms with Crippen LogP contribution < -0.4 is 9.47 Å². The van der Waals surface area contributed by atoms with E-state index >= 15 is 0 Å². The predicted molar refractivity (Wildman–Crippen MR) is 136 cm³/mol. The Morgan fingerprint density at radius 3 is 2.33 bits per heavy atom. The first-order valence-electron chi connectivity index (χ1n) is 11.5. The zero-order valence-corrected chi connectivity index (χ0v) is 21.9. The number of aromatic nitrogens is 4. The molecule has 0 unspecified atom stereocenters. The van der Waals surface area contributed by atoms with E-state index in [1.807, 2.05) is 24.3 Å². The minimum Gasteiger partial charge on any atom is -0.487 e. The largest absolute Gasteiger partial charge is 0.573 e. The molecule has 0 saturated heterocycles. The molecule has 0 aliphatic carbocycles. The molecule has 0 bridgehead atoms. The van der Waals surface area contributed by atoms with Gasteiger partial charge in [0.15, 0.2) is 0 Å². The molecule has 0 radical (unpaired) electrons. The summed E-state index contributed by atoms with van der Waals surface area (Å²) in [5, 5.41) is 7.61. The maximum absolute atomic E-state index is 12.2. The molecule has 1 N–H and O–H groups in total. The molecule has 0 fully saturated rings. The zero-order chi connectivity index (χ0) is 29.0. The minimum absolute atomic E-state index is 0.217. The third kappa shape index (κ3) is 12.6. The molecule has 2 aromatic heterocycles. The molecule has 0 aliphatic heterocycles. The van der Waals surface area contributed by atoms with Crippen molar-refractivity contribution in [3.63, 3.8) is 0 Å². The standard InChI is InChI=1S/C24H21F3N4O4.CH4O3S/c25-24(26,27)35-22-8-1-18(2-9-22)5-10-23-29-20(17-34-23)16-33-21-6-3-19(4-7-21)15-32-14-13-31-12-11-28-30-31;1-5(2,3)4/h1-12,17H,13-16H2;1H3,(H,2,3,4). The molecule has 15 heteroatoms. The number of oxazole rings is 1. The highest BCUT2D eigenvalue weighted by Crippen LogP contribution is 2.23. The minimum atomic E-state index is -4.72. The summed E-state index contributed by atoms with van der Waals surface area (Å²) < 4.78 is 84.9. The first kappa shape index (κ1) is 30.3. The predicted octanol–water partition coefficient (Wildman–Crippen LogP) is 4.63. The Labute approximate surface area is 227 Å². The maximum Gasteiger partial charge on any atom is 0.573 e. The smallest absolute Gasteiger partial charge is 0.487 e. The van der Waals surface area contributed by atoms with Gasteiger partial charge >= 0.3 is 6.36 Å². The number of hydrogen-bond acceptors (Lipinski definition) is 9. The number of halogens is 3. The molecule has 2 aromatic carbocycles. The van der Waals surface area contributed by atoms with Crippen molar-refractivity contribution in [3.8, 4) is 11.5 Å². The van der Waals surface area contributed by atoms with Crippen molar-refractivity contribution in [2.75, 3.05) is 12.9 Å². The molecular weight excluding hydrogens is 557 g/mol. The lowest BCUT2D eigenvalue weighted by atomic mass is 10.2. The summed E-state index contributed by atoms with van der Waals surface area (Å²) in [5.41, 5.74) is 2.28. The Morgan fingerprint density at radius 1 is 1.02 bits per heavy atom. The van der Waals surface area contributed by atoms with Crippen LogP contribution in [-0.2, 0) is 34.6 Å². The molecule has 0 aliphatic rings. The van der Waals surface area contributed by atoms with Crippen LogP contribution in [0.3, 0.4) is 0 Å². The molecule has 40 heavy (non-hydrogen) atoms. The fourth-order valence-electron chi connectivity index (χ4n) is 2.95. The van der Waals surface area contributed by atoms with Gasteiger partial charge in [-0.05, 0) is 41.5 Å². The van der Waals surface area contributed by atoms with E-state index in [1.165, 1.54) is 30.5 Å². The van der Waals surface area contributed by atoms with Crippen LogP contribution in [0.4, 0.5) is 13.2 Å². The molecule has 0 amide bonds. The van der Waals surface area contributed by atoms with Crippen LogP contribution in [0.15, 0.2) is 71.6 Å². The molecule has 2 heterocycles. The van der Waals surface area contributed by atoms with Crippen LogP contribution >= 0.6 is 0 Å². The zero-order valence-electron chi connectivity index (χ0n) is 21.1. The Balaban J connectivity index is 0.000000810.